The molecule has 1 aromatic rings. The zero-order chi connectivity index (χ0) is 10.4. The van der Waals surface area contributed by atoms with E-state index in [0.717, 1.165) is 0 Å². The van der Waals surface area contributed by atoms with Gasteiger partial charge in [-0.25, -0.2) is 4.98 Å². The summed E-state index contributed by atoms with van der Waals surface area (Å²) in [4.78, 5) is 18.9. The minimum Gasteiger partial charge on any atom is -0.309 e. The molecule has 1 rings (SSSR count). The fourth-order valence-corrected chi connectivity index (χ4v) is 0.988. The summed E-state index contributed by atoms with van der Waals surface area (Å²) in [6.45, 7) is 3.52. The Hall–Kier alpha value is -1.42. The molecule has 0 aliphatic rings. The largest absolute Gasteiger partial charge is 0.309 e. The van der Waals surface area contributed by atoms with Crippen LogP contribution in [0.4, 0.5) is 5.82 Å². The van der Waals surface area contributed by atoms with E-state index in [1.165, 1.54) is 12.4 Å². The standard InChI is InChI=1S/C9H10ClN3O/c1-2-3-4-9(14)13-8-6-11-5-7(10)12-8/h2,5-6H,1,3-4H2,(H,12,13,14). The van der Waals surface area contributed by atoms with Crippen molar-refractivity contribution >= 4 is 23.3 Å². The zero-order valence-electron chi connectivity index (χ0n) is 7.53. The highest BCUT2D eigenvalue weighted by atomic mass is 35.5. The molecular formula is C9H10ClN3O. The number of hydrogen-bond donors (Lipinski definition) is 1. The first-order valence-corrected chi connectivity index (χ1v) is 4.48. The Labute approximate surface area is 87.0 Å². The first kappa shape index (κ1) is 10.7. The Morgan fingerprint density at radius 2 is 2.43 bits per heavy atom. The topological polar surface area (TPSA) is 54.9 Å². The molecule has 0 spiro atoms. The normalized spacial score (nSPS) is 9.50. The Bertz CT molecular complexity index is 341. The van der Waals surface area contributed by atoms with E-state index < -0.39 is 0 Å². The molecular weight excluding hydrogens is 202 g/mol. The third-order valence-electron chi connectivity index (χ3n) is 1.45. The molecule has 74 valence electrons. The van der Waals surface area contributed by atoms with E-state index in [4.69, 9.17) is 11.6 Å². The molecule has 0 aromatic carbocycles. The van der Waals surface area contributed by atoms with Gasteiger partial charge in [0, 0.05) is 6.42 Å². The maximum Gasteiger partial charge on any atom is 0.225 e. The molecule has 5 heteroatoms. The van der Waals surface area contributed by atoms with Gasteiger partial charge in [0.25, 0.3) is 0 Å². The summed E-state index contributed by atoms with van der Waals surface area (Å²) in [6.07, 6.45) is 5.55. The van der Waals surface area contributed by atoms with Gasteiger partial charge in [-0.15, -0.1) is 6.58 Å². The number of aromatic nitrogens is 2. The van der Waals surface area contributed by atoms with Crippen molar-refractivity contribution in [2.75, 3.05) is 5.32 Å². The monoisotopic (exact) mass is 211 g/mol. The van der Waals surface area contributed by atoms with Gasteiger partial charge in [0.2, 0.25) is 5.91 Å². The van der Waals surface area contributed by atoms with Crippen LogP contribution in [0.15, 0.2) is 25.0 Å². The fourth-order valence-electron chi connectivity index (χ4n) is 0.841. The van der Waals surface area contributed by atoms with Crippen LogP contribution in [0.2, 0.25) is 5.15 Å². The Morgan fingerprint density at radius 3 is 3.07 bits per heavy atom. The second-order valence-electron chi connectivity index (χ2n) is 2.60. The number of hydrogen-bond acceptors (Lipinski definition) is 3. The van der Waals surface area contributed by atoms with Crippen LogP contribution in [0.5, 0.6) is 0 Å². The molecule has 0 saturated carbocycles. The van der Waals surface area contributed by atoms with E-state index in [1.807, 2.05) is 0 Å². The first-order valence-electron chi connectivity index (χ1n) is 4.10. The quantitative estimate of drug-likeness (QED) is 0.776. The molecule has 0 unspecified atom stereocenters. The van der Waals surface area contributed by atoms with E-state index in [1.54, 1.807) is 6.08 Å². The zero-order valence-corrected chi connectivity index (χ0v) is 8.29. The van der Waals surface area contributed by atoms with Gasteiger partial charge in [-0.1, -0.05) is 17.7 Å². The van der Waals surface area contributed by atoms with Crippen molar-refractivity contribution in [3.8, 4) is 0 Å². The predicted molar refractivity (Wildman–Crippen MR) is 55.1 cm³/mol. The van der Waals surface area contributed by atoms with E-state index in [2.05, 4.69) is 21.9 Å². The van der Waals surface area contributed by atoms with Gasteiger partial charge in [0.1, 0.15) is 5.15 Å². The Balaban J connectivity index is 2.51. The maximum absolute atomic E-state index is 11.2. The van der Waals surface area contributed by atoms with Crippen LogP contribution >= 0.6 is 11.6 Å². The maximum atomic E-state index is 11.2. The summed E-state index contributed by atoms with van der Waals surface area (Å²) < 4.78 is 0. The van der Waals surface area contributed by atoms with Crippen LogP contribution in [-0.2, 0) is 4.79 Å². The van der Waals surface area contributed by atoms with Crippen molar-refractivity contribution < 1.29 is 4.79 Å². The van der Waals surface area contributed by atoms with E-state index >= 15 is 0 Å². The molecule has 1 amide bonds. The van der Waals surface area contributed by atoms with Gasteiger partial charge in [-0.3, -0.25) is 9.78 Å². The average Bonchev–Trinajstić information content (AvgIpc) is 2.15. The van der Waals surface area contributed by atoms with Crippen molar-refractivity contribution in [2.24, 2.45) is 0 Å². The lowest BCUT2D eigenvalue weighted by Crippen LogP contribution is -2.12. The summed E-state index contributed by atoms with van der Waals surface area (Å²) in [5.41, 5.74) is 0. The number of anilines is 1. The second-order valence-corrected chi connectivity index (χ2v) is 2.99. The van der Waals surface area contributed by atoms with Crippen molar-refractivity contribution in [1.82, 2.24) is 9.97 Å². The Kier molecular flexibility index (Phi) is 4.07. The first-order chi connectivity index (χ1) is 6.72. The highest BCUT2D eigenvalue weighted by Crippen LogP contribution is 2.07. The lowest BCUT2D eigenvalue weighted by molar-refractivity contribution is -0.116. The third kappa shape index (κ3) is 3.53. The summed E-state index contributed by atoms with van der Waals surface area (Å²) in [5, 5.41) is 2.83. The number of rotatable bonds is 4. The molecule has 4 nitrogen and oxygen atoms in total. The Morgan fingerprint density at radius 1 is 1.64 bits per heavy atom. The van der Waals surface area contributed by atoms with Crippen molar-refractivity contribution in [3.63, 3.8) is 0 Å². The second kappa shape index (κ2) is 5.34. The highest BCUT2D eigenvalue weighted by molar-refractivity contribution is 6.29. The van der Waals surface area contributed by atoms with Crippen molar-refractivity contribution in [3.05, 3.63) is 30.2 Å². The van der Waals surface area contributed by atoms with Gasteiger partial charge in [-0.2, -0.15) is 0 Å². The van der Waals surface area contributed by atoms with Gasteiger partial charge >= 0.3 is 0 Å². The van der Waals surface area contributed by atoms with Gasteiger partial charge < -0.3 is 5.32 Å². The minimum absolute atomic E-state index is 0.124. The molecule has 1 heterocycles. The number of carbonyl (C=O) groups is 1. The molecule has 0 aliphatic heterocycles. The van der Waals surface area contributed by atoms with Crippen molar-refractivity contribution in [2.45, 2.75) is 12.8 Å². The smallest absolute Gasteiger partial charge is 0.225 e. The van der Waals surface area contributed by atoms with E-state index in [9.17, 15) is 4.79 Å². The number of carbonyl (C=O) groups excluding carboxylic acids is 1. The molecule has 0 bridgehead atoms. The molecule has 1 aromatic heterocycles. The van der Waals surface area contributed by atoms with E-state index in [-0.39, 0.29) is 11.1 Å². The molecule has 0 radical (unpaired) electrons. The summed E-state index contributed by atoms with van der Waals surface area (Å²) in [7, 11) is 0. The van der Waals surface area contributed by atoms with Gasteiger partial charge in [0.15, 0.2) is 5.82 Å². The molecule has 0 fully saturated rings. The molecule has 0 atom stereocenters. The molecule has 14 heavy (non-hydrogen) atoms. The fraction of sp³-hybridized carbons (Fsp3) is 0.222. The lowest BCUT2D eigenvalue weighted by atomic mass is 10.3. The van der Waals surface area contributed by atoms with Crippen LogP contribution in [-0.4, -0.2) is 15.9 Å². The SMILES string of the molecule is C=CCCC(=O)Nc1cncc(Cl)n1. The number of nitrogens with zero attached hydrogens (tertiary/aromatic N) is 2. The summed E-state index contributed by atoms with van der Waals surface area (Å²) in [5.74, 6) is 0.244. The van der Waals surface area contributed by atoms with Crippen LogP contribution in [0.3, 0.4) is 0 Å². The number of amides is 1. The predicted octanol–water partition coefficient (Wildman–Crippen LogP) is 2.03. The van der Waals surface area contributed by atoms with Crippen LogP contribution < -0.4 is 5.32 Å². The summed E-state index contributed by atoms with van der Waals surface area (Å²) in [6, 6.07) is 0. The van der Waals surface area contributed by atoms with Gasteiger partial charge in [-0.05, 0) is 6.42 Å². The minimum atomic E-state index is -0.124. The number of halogens is 1. The summed E-state index contributed by atoms with van der Waals surface area (Å²) >= 11 is 5.59. The molecule has 1 N–H and O–H groups in total. The highest BCUT2D eigenvalue weighted by Gasteiger charge is 2.02. The van der Waals surface area contributed by atoms with Gasteiger partial charge in [0.05, 0.1) is 12.4 Å². The molecule has 0 saturated heterocycles. The van der Waals surface area contributed by atoms with Crippen LogP contribution in [0, 0.1) is 0 Å². The van der Waals surface area contributed by atoms with Crippen molar-refractivity contribution in [1.29, 1.82) is 0 Å². The number of allylic oxidation sites excluding steroid dienone is 1. The van der Waals surface area contributed by atoms with Crippen LogP contribution in [0.1, 0.15) is 12.8 Å². The van der Waals surface area contributed by atoms with E-state index in [0.29, 0.717) is 18.7 Å². The molecule has 0 aliphatic carbocycles. The number of nitrogens with one attached hydrogen (secondary N) is 1. The lowest BCUT2D eigenvalue weighted by Gasteiger charge is -2.02. The third-order valence-corrected chi connectivity index (χ3v) is 1.63. The van der Waals surface area contributed by atoms with Crippen LogP contribution in [0.25, 0.3) is 0 Å². The average molecular weight is 212 g/mol.